The van der Waals surface area contributed by atoms with Crippen LogP contribution in [0.4, 0.5) is 0 Å². The van der Waals surface area contributed by atoms with E-state index >= 15 is 0 Å². The van der Waals surface area contributed by atoms with Gasteiger partial charge in [-0.2, -0.15) is 0 Å². The molecule has 0 radical (unpaired) electrons. The van der Waals surface area contributed by atoms with Crippen molar-refractivity contribution in [1.82, 2.24) is 0 Å². The molecule has 0 amide bonds. The zero-order valence-electron chi connectivity index (χ0n) is 14.0. The van der Waals surface area contributed by atoms with Gasteiger partial charge in [0.2, 0.25) is 0 Å². The first-order chi connectivity index (χ1) is 10.7. The molecule has 5 rings (SSSR count). The van der Waals surface area contributed by atoms with Gasteiger partial charge >= 0.3 is 0 Å². The second-order valence-electron chi connectivity index (χ2n) is 8.58. The Labute approximate surface area is 133 Å². The minimum atomic E-state index is 0.299. The number of rotatable bonds is 1. The van der Waals surface area contributed by atoms with E-state index in [2.05, 4.69) is 13.0 Å². The summed E-state index contributed by atoms with van der Waals surface area (Å²) in [5, 5.41) is 0. The van der Waals surface area contributed by atoms with Crippen LogP contribution < -0.4 is 0 Å². The van der Waals surface area contributed by atoms with Gasteiger partial charge in [-0.15, -0.1) is 0 Å². The fraction of sp³-hybridized carbons (Fsp3) is 0.800. The Morgan fingerprint density at radius 1 is 1.23 bits per heavy atom. The zero-order valence-corrected chi connectivity index (χ0v) is 14.0. The van der Waals surface area contributed by atoms with Crippen LogP contribution in [0.5, 0.6) is 0 Å². The van der Waals surface area contributed by atoms with Gasteiger partial charge in [0.1, 0.15) is 0 Å². The highest BCUT2D eigenvalue weighted by Crippen LogP contribution is 2.68. The summed E-state index contributed by atoms with van der Waals surface area (Å²) in [5.41, 5.74) is 4.30. The highest BCUT2D eigenvalue weighted by atomic mass is 16.6. The Morgan fingerprint density at radius 3 is 2.86 bits per heavy atom. The van der Waals surface area contributed by atoms with Gasteiger partial charge in [-0.3, -0.25) is 0 Å². The largest absolute Gasteiger partial charge is 0.501 e. The summed E-state index contributed by atoms with van der Waals surface area (Å²) in [6, 6.07) is 0. The number of hydrogen-bond acceptors (Lipinski definition) is 2. The predicted molar refractivity (Wildman–Crippen MR) is 86.3 cm³/mol. The third-order valence-corrected chi connectivity index (χ3v) is 8.10. The van der Waals surface area contributed by atoms with Crippen molar-refractivity contribution in [3.8, 4) is 0 Å². The molecular formula is C20H28O2. The van der Waals surface area contributed by atoms with E-state index in [1.807, 2.05) is 7.11 Å². The molecule has 5 aliphatic rings. The molecule has 5 atom stereocenters. The number of allylic oxidation sites excluding steroid dienone is 3. The monoisotopic (exact) mass is 300 g/mol. The van der Waals surface area contributed by atoms with E-state index in [1.54, 1.807) is 11.1 Å². The van der Waals surface area contributed by atoms with Crippen LogP contribution in [0.1, 0.15) is 58.3 Å². The molecule has 0 bridgehead atoms. The van der Waals surface area contributed by atoms with E-state index in [-0.39, 0.29) is 0 Å². The van der Waals surface area contributed by atoms with Crippen molar-refractivity contribution in [2.24, 2.45) is 23.2 Å². The molecule has 1 spiro atoms. The summed E-state index contributed by atoms with van der Waals surface area (Å²) in [7, 11) is 1.82. The number of epoxide rings is 1. The molecule has 3 fully saturated rings. The Bertz CT molecular complexity index is 568. The van der Waals surface area contributed by atoms with Crippen LogP contribution in [-0.4, -0.2) is 19.3 Å². The molecule has 0 N–H and O–H groups in total. The van der Waals surface area contributed by atoms with Crippen LogP contribution in [0.25, 0.3) is 0 Å². The fourth-order valence-electron chi connectivity index (χ4n) is 6.70. The Kier molecular flexibility index (Phi) is 2.74. The van der Waals surface area contributed by atoms with E-state index in [0.29, 0.717) is 11.0 Å². The summed E-state index contributed by atoms with van der Waals surface area (Å²) in [4.78, 5) is 0. The quantitative estimate of drug-likeness (QED) is 0.521. The van der Waals surface area contributed by atoms with E-state index in [4.69, 9.17) is 9.47 Å². The third-order valence-electron chi connectivity index (χ3n) is 8.10. The zero-order chi connectivity index (χ0) is 14.9. The molecule has 1 saturated heterocycles. The number of fused-ring (bicyclic) bond motifs is 5. The molecule has 3 unspecified atom stereocenters. The molecule has 0 aromatic carbocycles. The Morgan fingerprint density at radius 2 is 2.09 bits per heavy atom. The molecule has 2 saturated carbocycles. The molecule has 2 nitrogen and oxygen atoms in total. The second-order valence-corrected chi connectivity index (χ2v) is 8.58. The minimum Gasteiger partial charge on any atom is -0.501 e. The number of hydrogen-bond donors (Lipinski definition) is 0. The van der Waals surface area contributed by atoms with Crippen molar-refractivity contribution in [2.75, 3.05) is 13.7 Å². The molecule has 2 heteroatoms. The minimum absolute atomic E-state index is 0.299. The predicted octanol–water partition coefficient (Wildman–Crippen LogP) is 4.61. The van der Waals surface area contributed by atoms with Crippen LogP contribution in [0.15, 0.2) is 23.0 Å². The maximum absolute atomic E-state index is 6.01. The summed E-state index contributed by atoms with van der Waals surface area (Å²) in [6.45, 7) is 3.60. The van der Waals surface area contributed by atoms with Crippen LogP contribution in [0.3, 0.4) is 0 Å². The maximum atomic E-state index is 6.01. The summed E-state index contributed by atoms with van der Waals surface area (Å²) >= 11 is 0. The third kappa shape index (κ3) is 1.60. The lowest BCUT2D eigenvalue weighted by Crippen LogP contribution is -2.46. The van der Waals surface area contributed by atoms with E-state index in [9.17, 15) is 0 Å². The molecule has 120 valence electrons. The molecule has 1 aliphatic heterocycles. The first-order valence-electron chi connectivity index (χ1n) is 9.25. The number of methoxy groups -OCH3 is 1. The van der Waals surface area contributed by atoms with Crippen molar-refractivity contribution in [2.45, 2.75) is 63.9 Å². The lowest BCUT2D eigenvalue weighted by atomic mass is 9.53. The highest BCUT2D eigenvalue weighted by Gasteiger charge is 2.68. The van der Waals surface area contributed by atoms with Crippen LogP contribution >= 0.6 is 0 Å². The Balaban J connectivity index is 1.44. The van der Waals surface area contributed by atoms with Crippen molar-refractivity contribution in [3.05, 3.63) is 23.0 Å². The van der Waals surface area contributed by atoms with Gasteiger partial charge in [0, 0.05) is 11.8 Å². The van der Waals surface area contributed by atoms with Crippen LogP contribution in [-0.2, 0) is 9.47 Å². The van der Waals surface area contributed by atoms with Crippen LogP contribution in [0, 0.1) is 23.2 Å². The average Bonchev–Trinajstić information content (AvgIpc) is 3.28. The lowest BCUT2D eigenvalue weighted by molar-refractivity contribution is -0.000108. The number of ether oxygens (including phenoxy) is 2. The van der Waals surface area contributed by atoms with E-state index in [0.717, 1.165) is 37.2 Å². The van der Waals surface area contributed by atoms with Gasteiger partial charge in [0.15, 0.2) is 0 Å². The molecule has 22 heavy (non-hydrogen) atoms. The van der Waals surface area contributed by atoms with Gasteiger partial charge in [-0.1, -0.05) is 18.1 Å². The van der Waals surface area contributed by atoms with E-state index < -0.39 is 0 Å². The SMILES string of the molecule is COC1=CCC2=C(CCC3C2CC[C@@]2(C)C3CC[C@@]23CO3)C1. The van der Waals surface area contributed by atoms with E-state index in [1.165, 1.54) is 44.3 Å². The summed E-state index contributed by atoms with van der Waals surface area (Å²) in [6.07, 6.45) is 12.9. The molecule has 0 aromatic rings. The van der Waals surface area contributed by atoms with Gasteiger partial charge in [0.05, 0.1) is 25.1 Å². The molecule has 0 aromatic heterocycles. The molecular weight excluding hydrogens is 272 g/mol. The standard InChI is InChI=1S/C20H28O2/c1-19-9-7-16-15-6-4-14(21-2)11-13(15)3-5-17(16)18(19)8-10-20(19)12-22-20/h4,16-18H,3,5-12H2,1-2H3/t16?,17?,18?,19-,20+/m0/s1. The van der Waals surface area contributed by atoms with Crippen molar-refractivity contribution >= 4 is 0 Å². The van der Waals surface area contributed by atoms with Crippen molar-refractivity contribution in [3.63, 3.8) is 0 Å². The van der Waals surface area contributed by atoms with Gasteiger partial charge < -0.3 is 9.47 Å². The topological polar surface area (TPSA) is 21.8 Å². The van der Waals surface area contributed by atoms with Gasteiger partial charge in [-0.05, 0) is 68.8 Å². The highest BCUT2D eigenvalue weighted by molar-refractivity contribution is 5.33. The summed E-state index contributed by atoms with van der Waals surface area (Å²) in [5.74, 6) is 3.91. The smallest absolute Gasteiger partial charge is 0.0972 e. The van der Waals surface area contributed by atoms with Crippen molar-refractivity contribution in [1.29, 1.82) is 0 Å². The summed E-state index contributed by atoms with van der Waals surface area (Å²) < 4.78 is 11.5. The van der Waals surface area contributed by atoms with Gasteiger partial charge in [-0.25, -0.2) is 0 Å². The van der Waals surface area contributed by atoms with Gasteiger partial charge in [0.25, 0.3) is 0 Å². The second kappa shape index (κ2) is 4.41. The fourth-order valence-corrected chi connectivity index (χ4v) is 6.70. The van der Waals surface area contributed by atoms with Crippen molar-refractivity contribution < 1.29 is 9.47 Å². The maximum Gasteiger partial charge on any atom is 0.0972 e. The first-order valence-corrected chi connectivity index (χ1v) is 9.25. The first kappa shape index (κ1) is 13.7. The molecule has 4 aliphatic carbocycles. The Hall–Kier alpha value is -0.760. The lowest BCUT2D eigenvalue weighted by Gasteiger charge is -2.51. The average molecular weight is 300 g/mol. The normalized spacial score (nSPS) is 49.4. The molecule has 1 heterocycles. The van der Waals surface area contributed by atoms with Crippen LogP contribution in [0.2, 0.25) is 0 Å².